The van der Waals surface area contributed by atoms with Crippen LogP contribution in [0.4, 0.5) is 0 Å². The van der Waals surface area contributed by atoms with Crippen LogP contribution in [0.1, 0.15) is 5.82 Å². The minimum absolute atomic E-state index is 0.435. The summed E-state index contributed by atoms with van der Waals surface area (Å²) in [6, 6.07) is 0. The first-order valence-corrected chi connectivity index (χ1v) is 3.69. The van der Waals surface area contributed by atoms with Crippen molar-refractivity contribution < 1.29 is 9.90 Å². The maximum absolute atomic E-state index is 10.6. The molecule has 0 aromatic carbocycles. The zero-order valence-corrected chi connectivity index (χ0v) is 6.40. The summed E-state index contributed by atoms with van der Waals surface area (Å²) in [6.45, 7) is 0.435. The van der Waals surface area contributed by atoms with Crippen LogP contribution < -0.4 is 0 Å². The van der Waals surface area contributed by atoms with Gasteiger partial charge in [0.2, 0.25) is 0 Å². The number of carboxylic acids is 1. The number of carbonyl (C=O) groups is 1. The fourth-order valence-electron chi connectivity index (χ4n) is 1.29. The molecular formula is C8H8N2O2. The van der Waals surface area contributed by atoms with Gasteiger partial charge in [-0.15, -0.1) is 0 Å². The lowest BCUT2D eigenvalue weighted by atomic mass is 10.1. The number of aliphatic carboxylic acids is 1. The Labute approximate surface area is 69.2 Å². The number of fused-ring (bicyclic) bond motifs is 1. The molecular weight excluding hydrogens is 156 g/mol. The summed E-state index contributed by atoms with van der Waals surface area (Å²) in [5.41, 5.74) is 0.445. The summed E-state index contributed by atoms with van der Waals surface area (Å²) >= 11 is 0. The van der Waals surface area contributed by atoms with E-state index in [1.165, 1.54) is 0 Å². The Morgan fingerprint density at radius 3 is 3.25 bits per heavy atom. The number of hydrogen-bond acceptors (Lipinski definition) is 2. The Kier molecular flexibility index (Phi) is 1.46. The van der Waals surface area contributed by atoms with E-state index in [0.29, 0.717) is 18.5 Å². The predicted octanol–water partition coefficient (Wildman–Crippen LogP) is 0.450. The quantitative estimate of drug-likeness (QED) is 0.655. The number of imidazole rings is 1. The van der Waals surface area contributed by atoms with E-state index in [1.807, 2.05) is 4.57 Å². The third-order valence-corrected chi connectivity index (χ3v) is 1.95. The Balaban J connectivity index is 2.29. The van der Waals surface area contributed by atoms with Crippen molar-refractivity contribution in [2.24, 2.45) is 0 Å². The molecule has 0 amide bonds. The largest absolute Gasteiger partial charge is 0.478 e. The first-order chi connectivity index (χ1) is 5.77. The maximum Gasteiger partial charge on any atom is 0.333 e. The van der Waals surface area contributed by atoms with Gasteiger partial charge in [-0.1, -0.05) is 6.08 Å². The number of rotatable bonds is 1. The molecule has 1 aromatic heterocycles. The van der Waals surface area contributed by atoms with Gasteiger partial charge in [-0.2, -0.15) is 0 Å². The molecule has 4 heteroatoms. The van der Waals surface area contributed by atoms with Crippen LogP contribution in [-0.2, 0) is 17.8 Å². The molecule has 0 atom stereocenters. The fraction of sp³-hybridized carbons (Fsp3) is 0.250. The fourth-order valence-corrected chi connectivity index (χ4v) is 1.29. The average molecular weight is 164 g/mol. The van der Waals surface area contributed by atoms with Crippen LogP contribution in [0.15, 0.2) is 24.0 Å². The molecule has 1 aromatic rings. The third kappa shape index (κ3) is 1.01. The van der Waals surface area contributed by atoms with Crippen molar-refractivity contribution in [3.63, 3.8) is 0 Å². The van der Waals surface area contributed by atoms with Gasteiger partial charge in [0.15, 0.2) is 0 Å². The van der Waals surface area contributed by atoms with E-state index in [0.717, 1.165) is 5.82 Å². The molecule has 0 saturated carbocycles. The molecule has 1 N–H and O–H groups in total. The molecule has 1 aliphatic rings. The highest BCUT2D eigenvalue weighted by molar-refractivity contribution is 5.86. The van der Waals surface area contributed by atoms with Crippen molar-refractivity contribution in [2.75, 3.05) is 0 Å². The van der Waals surface area contributed by atoms with Crippen molar-refractivity contribution in [2.45, 2.75) is 13.0 Å². The van der Waals surface area contributed by atoms with Crippen LogP contribution in [0.2, 0.25) is 0 Å². The molecule has 0 radical (unpaired) electrons. The Morgan fingerprint density at radius 2 is 2.50 bits per heavy atom. The monoisotopic (exact) mass is 164 g/mol. The van der Waals surface area contributed by atoms with Crippen LogP contribution in [0.5, 0.6) is 0 Å². The van der Waals surface area contributed by atoms with Crippen molar-refractivity contribution in [1.82, 2.24) is 9.55 Å². The van der Waals surface area contributed by atoms with E-state index in [2.05, 4.69) is 4.98 Å². The molecule has 2 heterocycles. The molecule has 0 unspecified atom stereocenters. The second-order valence-corrected chi connectivity index (χ2v) is 2.71. The van der Waals surface area contributed by atoms with E-state index in [1.54, 1.807) is 18.5 Å². The number of nitrogens with zero attached hydrogens (tertiary/aromatic N) is 2. The number of hydrogen-bond donors (Lipinski definition) is 1. The lowest BCUT2D eigenvalue weighted by Crippen LogP contribution is -2.15. The lowest BCUT2D eigenvalue weighted by molar-refractivity contribution is -0.132. The van der Waals surface area contributed by atoms with Gasteiger partial charge >= 0.3 is 5.97 Å². The molecule has 1 aliphatic heterocycles. The summed E-state index contributed by atoms with van der Waals surface area (Å²) in [5.74, 6) is 0.0920. The molecule has 0 spiro atoms. The smallest absolute Gasteiger partial charge is 0.333 e. The molecule has 4 nitrogen and oxygen atoms in total. The van der Waals surface area contributed by atoms with Crippen LogP contribution >= 0.6 is 0 Å². The van der Waals surface area contributed by atoms with E-state index >= 15 is 0 Å². The molecule has 0 aliphatic carbocycles. The third-order valence-electron chi connectivity index (χ3n) is 1.95. The summed E-state index contributed by atoms with van der Waals surface area (Å²) in [5, 5.41) is 8.70. The summed E-state index contributed by atoms with van der Waals surface area (Å²) in [6.07, 6.45) is 5.82. The Bertz CT molecular complexity index is 352. The molecule has 62 valence electrons. The van der Waals surface area contributed by atoms with E-state index in [4.69, 9.17) is 5.11 Å². The summed E-state index contributed by atoms with van der Waals surface area (Å²) in [7, 11) is 0. The van der Waals surface area contributed by atoms with Gasteiger partial charge in [0.25, 0.3) is 0 Å². The number of allylic oxidation sites excluding steroid dienone is 1. The van der Waals surface area contributed by atoms with E-state index in [9.17, 15) is 4.79 Å². The molecule has 12 heavy (non-hydrogen) atoms. The van der Waals surface area contributed by atoms with Crippen LogP contribution in [0.3, 0.4) is 0 Å². The molecule has 0 saturated heterocycles. The Morgan fingerprint density at radius 1 is 1.67 bits per heavy atom. The van der Waals surface area contributed by atoms with Crippen molar-refractivity contribution in [1.29, 1.82) is 0 Å². The van der Waals surface area contributed by atoms with E-state index in [-0.39, 0.29) is 0 Å². The number of carboxylic acid groups (broad SMARTS) is 1. The van der Waals surface area contributed by atoms with Crippen LogP contribution in [0.25, 0.3) is 0 Å². The normalized spacial score (nSPS) is 15.2. The SMILES string of the molecule is O=C(O)C1=CCc2nccn2C1. The van der Waals surface area contributed by atoms with Crippen molar-refractivity contribution in [3.05, 3.63) is 29.9 Å². The molecule has 0 bridgehead atoms. The zero-order chi connectivity index (χ0) is 8.55. The minimum Gasteiger partial charge on any atom is -0.478 e. The van der Waals surface area contributed by atoms with Gasteiger partial charge in [-0.25, -0.2) is 9.78 Å². The Hall–Kier alpha value is -1.58. The van der Waals surface area contributed by atoms with Crippen LogP contribution in [0, 0.1) is 0 Å². The van der Waals surface area contributed by atoms with Gasteiger partial charge in [0, 0.05) is 18.8 Å². The van der Waals surface area contributed by atoms with Gasteiger partial charge in [0.1, 0.15) is 5.82 Å². The maximum atomic E-state index is 10.6. The van der Waals surface area contributed by atoms with Gasteiger partial charge in [-0.05, 0) is 0 Å². The first-order valence-electron chi connectivity index (χ1n) is 3.69. The summed E-state index contributed by atoms with van der Waals surface area (Å²) in [4.78, 5) is 14.7. The molecule has 0 fully saturated rings. The molecule has 2 rings (SSSR count). The average Bonchev–Trinajstić information content (AvgIpc) is 2.49. The number of aromatic nitrogens is 2. The highest BCUT2D eigenvalue weighted by Crippen LogP contribution is 2.12. The minimum atomic E-state index is -0.839. The second kappa shape index (κ2) is 2.48. The highest BCUT2D eigenvalue weighted by Gasteiger charge is 2.14. The van der Waals surface area contributed by atoms with Gasteiger partial charge < -0.3 is 9.67 Å². The summed E-state index contributed by atoms with van der Waals surface area (Å²) < 4.78 is 1.85. The first kappa shape index (κ1) is 7.09. The lowest BCUT2D eigenvalue weighted by Gasteiger charge is -2.12. The standard InChI is InChI=1S/C8H8N2O2/c11-8(12)6-1-2-7-9-3-4-10(7)5-6/h1,3-4H,2,5H2,(H,11,12). The zero-order valence-electron chi connectivity index (χ0n) is 6.40. The van der Waals surface area contributed by atoms with Crippen molar-refractivity contribution >= 4 is 5.97 Å². The van der Waals surface area contributed by atoms with Crippen LogP contribution in [-0.4, -0.2) is 20.6 Å². The van der Waals surface area contributed by atoms with Crippen molar-refractivity contribution in [3.8, 4) is 0 Å². The predicted molar refractivity (Wildman–Crippen MR) is 41.6 cm³/mol. The van der Waals surface area contributed by atoms with Gasteiger partial charge in [0.05, 0.1) is 12.1 Å². The second-order valence-electron chi connectivity index (χ2n) is 2.71. The topological polar surface area (TPSA) is 55.1 Å². The van der Waals surface area contributed by atoms with Gasteiger partial charge in [-0.3, -0.25) is 0 Å². The van der Waals surface area contributed by atoms with E-state index < -0.39 is 5.97 Å². The highest BCUT2D eigenvalue weighted by atomic mass is 16.4.